The Morgan fingerprint density at radius 1 is 1.11 bits per heavy atom. The number of nitrogens with zero attached hydrogens (tertiary/aromatic N) is 1. The lowest BCUT2D eigenvalue weighted by Crippen LogP contribution is -2.45. The van der Waals surface area contributed by atoms with Gasteiger partial charge in [0.1, 0.15) is 0 Å². The van der Waals surface area contributed by atoms with Crippen molar-refractivity contribution in [3.05, 3.63) is 0 Å². The van der Waals surface area contributed by atoms with Crippen LogP contribution in [0.25, 0.3) is 0 Å². The second kappa shape index (κ2) is 6.38. The first-order valence-electron chi connectivity index (χ1n) is 8.05. The van der Waals surface area contributed by atoms with E-state index in [-0.39, 0.29) is 0 Å². The van der Waals surface area contributed by atoms with Gasteiger partial charge in [-0.25, -0.2) is 0 Å². The molecule has 0 radical (unpaired) electrons. The van der Waals surface area contributed by atoms with E-state index in [2.05, 4.69) is 31.1 Å². The zero-order valence-electron chi connectivity index (χ0n) is 12.7. The fourth-order valence-electron chi connectivity index (χ4n) is 3.46. The second-order valence-corrected chi connectivity index (χ2v) is 7.10. The van der Waals surface area contributed by atoms with Crippen LogP contribution >= 0.6 is 0 Å². The van der Waals surface area contributed by atoms with Gasteiger partial charge in [-0.05, 0) is 38.1 Å². The molecule has 1 N–H and O–H groups in total. The van der Waals surface area contributed by atoms with Crippen LogP contribution < -0.4 is 5.32 Å². The molecule has 18 heavy (non-hydrogen) atoms. The summed E-state index contributed by atoms with van der Waals surface area (Å²) in [6.07, 6.45) is 11.5. The maximum atomic E-state index is 3.72. The topological polar surface area (TPSA) is 15.3 Å². The van der Waals surface area contributed by atoms with Crippen molar-refractivity contribution < 1.29 is 0 Å². The van der Waals surface area contributed by atoms with Crippen LogP contribution in [0.1, 0.15) is 65.2 Å². The van der Waals surface area contributed by atoms with Gasteiger partial charge in [-0.1, -0.05) is 39.5 Å². The maximum absolute atomic E-state index is 3.72. The Morgan fingerprint density at radius 2 is 1.72 bits per heavy atom. The van der Waals surface area contributed by atoms with E-state index in [4.69, 9.17) is 0 Å². The predicted octanol–water partition coefficient (Wildman–Crippen LogP) is 3.42. The minimum Gasteiger partial charge on any atom is -0.314 e. The highest BCUT2D eigenvalue weighted by Gasteiger charge is 2.36. The molecule has 0 bridgehead atoms. The highest BCUT2D eigenvalue weighted by Crippen LogP contribution is 2.37. The third kappa shape index (κ3) is 4.24. The van der Waals surface area contributed by atoms with Crippen molar-refractivity contribution >= 4 is 0 Å². The van der Waals surface area contributed by atoms with Crippen molar-refractivity contribution in [3.8, 4) is 0 Å². The van der Waals surface area contributed by atoms with Crippen LogP contribution in [0.5, 0.6) is 0 Å². The Morgan fingerprint density at radius 3 is 2.22 bits per heavy atom. The molecule has 0 amide bonds. The first-order chi connectivity index (χ1) is 8.61. The highest BCUT2D eigenvalue weighted by molar-refractivity contribution is 4.91. The van der Waals surface area contributed by atoms with E-state index in [1.165, 1.54) is 64.5 Å². The van der Waals surface area contributed by atoms with Gasteiger partial charge >= 0.3 is 0 Å². The van der Waals surface area contributed by atoms with Gasteiger partial charge in [0, 0.05) is 25.2 Å². The van der Waals surface area contributed by atoms with Crippen molar-refractivity contribution in [2.45, 2.75) is 77.3 Å². The minimum absolute atomic E-state index is 0.554. The van der Waals surface area contributed by atoms with Gasteiger partial charge < -0.3 is 10.2 Å². The lowest BCUT2D eigenvalue weighted by atomic mass is 9.79. The summed E-state index contributed by atoms with van der Waals surface area (Å²) >= 11 is 0. The molecular weight excluding hydrogens is 220 g/mol. The molecule has 0 aliphatic heterocycles. The smallest absolute Gasteiger partial charge is 0.00936 e. The average Bonchev–Trinajstić information content (AvgIpc) is 3.14. The molecule has 2 saturated carbocycles. The third-order valence-corrected chi connectivity index (χ3v) is 4.80. The molecule has 0 spiro atoms. The summed E-state index contributed by atoms with van der Waals surface area (Å²) in [5, 5.41) is 3.72. The van der Waals surface area contributed by atoms with Gasteiger partial charge in [0.05, 0.1) is 0 Å². The fraction of sp³-hybridized carbons (Fsp3) is 1.00. The number of hydrogen-bond donors (Lipinski definition) is 1. The number of rotatable bonds is 6. The molecule has 0 atom stereocenters. The Kier molecular flexibility index (Phi) is 5.08. The van der Waals surface area contributed by atoms with Crippen molar-refractivity contribution in [2.75, 3.05) is 20.1 Å². The van der Waals surface area contributed by atoms with Gasteiger partial charge in [0.2, 0.25) is 0 Å². The molecule has 0 unspecified atom stereocenters. The second-order valence-electron chi connectivity index (χ2n) is 7.10. The van der Waals surface area contributed by atoms with E-state index in [9.17, 15) is 0 Å². The molecule has 106 valence electrons. The molecule has 0 aromatic rings. The molecule has 0 heterocycles. The summed E-state index contributed by atoms with van der Waals surface area (Å²) in [5.41, 5.74) is 0.554. The Bertz CT molecular complexity index is 237. The lowest BCUT2D eigenvalue weighted by Gasteiger charge is -2.37. The van der Waals surface area contributed by atoms with Gasteiger partial charge in [0.15, 0.2) is 0 Å². The maximum Gasteiger partial charge on any atom is 0.00936 e. The molecule has 2 fully saturated rings. The zero-order chi connectivity index (χ0) is 13.0. The summed E-state index contributed by atoms with van der Waals surface area (Å²) in [4.78, 5) is 2.65. The van der Waals surface area contributed by atoms with E-state index >= 15 is 0 Å². The first kappa shape index (κ1) is 14.3. The molecule has 0 aromatic carbocycles. The predicted molar refractivity (Wildman–Crippen MR) is 78.9 cm³/mol. The zero-order valence-corrected chi connectivity index (χ0v) is 12.7. The molecule has 2 aliphatic rings. The van der Waals surface area contributed by atoms with E-state index < -0.39 is 0 Å². The molecule has 2 heteroatoms. The van der Waals surface area contributed by atoms with Gasteiger partial charge in [-0.15, -0.1) is 0 Å². The summed E-state index contributed by atoms with van der Waals surface area (Å²) in [7, 11) is 2.35. The quantitative estimate of drug-likeness (QED) is 0.729. The van der Waals surface area contributed by atoms with Crippen LogP contribution in [0.2, 0.25) is 0 Å². The monoisotopic (exact) mass is 252 g/mol. The molecule has 2 nitrogen and oxygen atoms in total. The number of nitrogens with one attached hydrogen (secondary N) is 1. The summed E-state index contributed by atoms with van der Waals surface area (Å²) in [6.45, 7) is 7.09. The van der Waals surface area contributed by atoms with Crippen LogP contribution in [0.4, 0.5) is 0 Å². The van der Waals surface area contributed by atoms with Crippen molar-refractivity contribution in [2.24, 2.45) is 5.41 Å². The molecule has 2 aliphatic carbocycles. The number of hydrogen-bond acceptors (Lipinski definition) is 2. The third-order valence-electron chi connectivity index (χ3n) is 4.80. The Labute approximate surface area is 114 Å². The van der Waals surface area contributed by atoms with E-state index in [0.717, 1.165) is 6.04 Å². The molecule has 0 saturated heterocycles. The SMILES string of the molecule is CC(C)NCC1(CN(C)C2CC2)CCCCCC1. The Balaban J connectivity index is 1.94. The molecular formula is C16H32N2. The summed E-state index contributed by atoms with van der Waals surface area (Å²) in [6, 6.07) is 1.53. The van der Waals surface area contributed by atoms with E-state index in [1.807, 2.05) is 0 Å². The summed E-state index contributed by atoms with van der Waals surface area (Å²) in [5.74, 6) is 0. The van der Waals surface area contributed by atoms with Crippen molar-refractivity contribution in [1.82, 2.24) is 10.2 Å². The van der Waals surface area contributed by atoms with Crippen LogP contribution in [-0.4, -0.2) is 37.1 Å². The van der Waals surface area contributed by atoms with Gasteiger partial charge in [-0.3, -0.25) is 0 Å². The van der Waals surface area contributed by atoms with Gasteiger partial charge in [0.25, 0.3) is 0 Å². The normalized spacial score (nSPS) is 24.5. The van der Waals surface area contributed by atoms with E-state index in [0.29, 0.717) is 11.5 Å². The van der Waals surface area contributed by atoms with Crippen molar-refractivity contribution in [1.29, 1.82) is 0 Å². The lowest BCUT2D eigenvalue weighted by molar-refractivity contribution is 0.138. The standard InChI is InChI=1S/C16H32N2/c1-14(2)17-12-16(10-6-4-5-7-11-16)13-18(3)15-8-9-15/h14-15,17H,4-13H2,1-3H3. The molecule has 0 aromatic heterocycles. The first-order valence-corrected chi connectivity index (χ1v) is 8.05. The Hall–Kier alpha value is -0.0800. The van der Waals surface area contributed by atoms with Crippen LogP contribution in [0.3, 0.4) is 0 Å². The minimum atomic E-state index is 0.554. The van der Waals surface area contributed by atoms with Gasteiger partial charge in [-0.2, -0.15) is 0 Å². The fourth-order valence-corrected chi connectivity index (χ4v) is 3.46. The van der Waals surface area contributed by atoms with Crippen LogP contribution in [0.15, 0.2) is 0 Å². The van der Waals surface area contributed by atoms with Crippen molar-refractivity contribution in [3.63, 3.8) is 0 Å². The average molecular weight is 252 g/mol. The largest absolute Gasteiger partial charge is 0.314 e. The molecule has 2 rings (SSSR count). The van der Waals surface area contributed by atoms with Crippen LogP contribution in [-0.2, 0) is 0 Å². The highest BCUT2D eigenvalue weighted by atomic mass is 15.2. The van der Waals surface area contributed by atoms with E-state index in [1.54, 1.807) is 0 Å². The van der Waals surface area contributed by atoms with Crippen LogP contribution in [0, 0.1) is 5.41 Å². The summed E-state index contributed by atoms with van der Waals surface area (Å²) < 4.78 is 0.